The predicted octanol–water partition coefficient (Wildman–Crippen LogP) is 3.25. The molecule has 0 saturated heterocycles. The molecule has 0 saturated carbocycles. The predicted molar refractivity (Wildman–Crippen MR) is 81.6 cm³/mol. The average Bonchev–Trinajstić information content (AvgIpc) is 2.50. The second-order valence-corrected chi connectivity index (χ2v) is 4.90. The fourth-order valence-electron chi connectivity index (χ4n) is 2.51. The van der Waals surface area contributed by atoms with Gasteiger partial charge in [-0.15, -0.1) is 0 Å². The Labute approximate surface area is 118 Å². The highest BCUT2D eigenvalue weighted by Crippen LogP contribution is 2.26. The number of hydrogen-bond acceptors (Lipinski definition) is 3. The van der Waals surface area contributed by atoms with Crippen molar-refractivity contribution in [2.45, 2.75) is 13.0 Å². The van der Waals surface area contributed by atoms with Crippen LogP contribution < -0.4 is 5.32 Å². The van der Waals surface area contributed by atoms with E-state index in [1.807, 2.05) is 19.2 Å². The quantitative estimate of drug-likeness (QED) is 0.788. The van der Waals surface area contributed by atoms with E-state index in [2.05, 4.69) is 52.5 Å². The van der Waals surface area contributed by atoms with Crippen LogP contribution in [0.25, 0.3) is 11.0 Å². The lowest BCUT2D eigenvalue weighted by molar-refractivity contribution is 0.695. The second-order valence-electron chi connectivity index (χ2n) is 4.90. The minimum atomic E-state index is 0.121. The molecule has 0 aliphatic heterocycles. The van der Waals surface area contributed by atoms with E-state index in [4.69, 9.17) is 0 Å². The number of fused-ring (bicyclic) bond motifs is 1. The molecule has 2 aromatic carbocycles. The molecular formula is C17H17N3. The van der Waals surface area contributed by atoms with Crippen molar-refractivity contribution in [3.8, 4) is 0 Å². The van der Waals surface area contributed by atoms with Crippen LogP contribution in [0.1, 0.15) is 22.7 Å². The fraction of sp³-hybridized carbons (Fsp3) is 0.176. The van der Waals surface area contributed by atoms with E-state index >= 15 is 0 Å². The lowest BCUT2D eigenvalue weighted by Crippen LogP contribution is -2.18. The van der Waals surface area contributed by atoms with Gasteiger partial charge in [0, 0.05) is 18.0 Å². The summed E-state index contributed by atoms with van der Waals surface area (Å²) in [7, 11) is 1.97. The van der Waals surface area contributed by atoms with Crippen molar-refractivity contribution >= 4 is 11.0 Å². The van der Waals surface area contributed by atoms with Gasteiger partial charge in [-0.1, -0.05) is 42.0 Å². The zero-order valence-electron chi connectivity index (χ0n) is 11.7. The summed E-state index contributed by atoms with van der Waals surface area (Å²) in [6.45, 7) is 2.10. The third-order valence-electron chi connectivity index (χ3n) is 3.54. The highest BCUT2D eigenvalue weighted by Gasteiger charge is 2.15. The van der Waals surface area contributed by atoms with Gasteiger partial charge in [0.2, 0.25) is 0 Å². The van der Waals surface area contributed by atoms with Gasteiger partial charge in [-0.3, -0.25) is 9.97 Å². The third kappa shape index (κ3) is 2.28. The van der Waals surface area contributed by atoms with Crippen LogP contribution in [-0.4, -0.2) is 17.0 Å². The first-order chi connectivity index (χ1) is 9.79. The number of nitrogens with zero attached hydrogens (tertiary/aromatic N) is 2. The average molecular weight is 263 g/mol. The van der Waals surface area contributed by atoms with Crippen LogP contribution in [0.4, 0.5) is 0 Å². The number of hydrogen-bond donors (Lipinski definition) is 1. The van der Waals surface area contributed by atoms with Gasteiger partial charge in [0.1, 0.15) is 0 Å². The van der Waals surface area contributed by atoms with Gasteiger partial charge < -0.3 is 5.32 Å². The molecule has 1 aromatic heterocycles. The van der Waals surface area contributed by atoms with Crippen molar-refractivity contribution in [3.05, 3.63) is 71.5 Å². The molecule has 0 aliphatic rings. The molecule has 0 fully saturated rings. The normalized spacial score (nSPS) is 12.5. The van der Waals surface area contributed by atoms with E-state index < -0.39 is 0 Å². The molecule has 1 N–H and O–H groups in total. The molecule has 0 radical (unpaired) electrons. The van der Waals surface area contributed by atoms with Crippen LogP contribution >= 0.6 is 0 Å². The summed E-state index contributed by atoms with van der Waals surface area (Å²) in [5.41, 5.74) is 5.53. The Kier molecular flexibility index (Phi) is 3.44. The summed E-state index contributed by atoms with van der Waals surface area (Å²) in [5, 5.41) is 3.38. The largest absolute Gasteiger partial charge is 0.309 e. The number of benzene rings is 2. The van der Waals surface area contributed by atoms with Gasteiger partial charge in [0.15, 0.2) is 0 Å². The van der Waals surface area contributed by atoms with Crippen molar-refractivity contribution in [3.63, 3.8) is 0 Å². The van der Waals surface area contributed by atoms with Gasteiger partial charge in [0.05, 0.1) is 17.1 Å². The number of para-hydroxylation sites is 1. The zero-order valence-corrected chi connectivity index (χ0v) is 11.7. The molecule has 3 heteroatoms. The minimum Gasteiger partial charge on any atom is -0.309 e. The molecule has 3 rings (SSSR count). The summed E-state index contributed by atoms with van der Waals surface area (Å²) < 4.78 is 0. The number of nitrogens with one attached hydrogen (secondary N) is 1. The Morgan fingerprint density at radius 3 is 2.45 bits per heavy atom. The maximum absolute atomic E-state index is 4.49. The zero-order chi connectivity index (χ0) is 13.9. The molecule has 0 spiro atoms. The molecule has 1 atom stereocenters. The van der Waals surface area contributed by atoms with Gasteiger partial charge >= 0.3 is 0 Å². The monoisotopic (exact) mass is 263 g/mol. The molecule has 0 amide bonds. The molecule has 1 unspecified atom stereocenters. The maximum atomic E-state index is 4.49. The highest BCUT2D eigenvalue weighted by atomic mass is 14.9. The van der Waals surface area contributed by atoms with Crippen molar-refractivity contribution in [2.24, 2.45) is 0 Å². The topological polar surface area (TPSA) is 37.8 Å². The lowest BCUT2D eigenvalue weighted by atomic mass is 9.97. The van der Waals surface area contributed by atoms with E-state index in [1.54, 1.807) is 12.4 Å². The van der Waals surface area contributed by atoms with Gasteiger partial charge in [-0.25, -0.2) is 0 Å². The van der Waals surface area contributed by atoms with Crippen LogP contribution in [-0.2, 0) is 0 Å². The summed E-state index contributed by atoms with van der Waals surface area (Å²) in [4.78, 5) is 8.87. The van der Waals surface area contributed by atoms with Gasteiger partial charge in [0.25, 0.3) is 0 Å². The third-order valence-corrected chi connectivity index (χ3v) is 3.54. The van der Waals surface area contributed by atoms with Crippen molar-refractivity contribution < 1.29 is 0 Å². The molecule has 100 valence electrons. The molecule has 3 aromatic rings. The standard InChI is InChI=1S/C17H17N3/c1-12-6-8-13(9-7-12)16(18-2)14-4-3-5-15-17(14)20-11-10-19-15/h3-11,16,18H,1-2H3. The number of aromatic nitrogens is 2. The first kappa shape index (κ1) is 12.8. The molecule has 20 heavy (non-hydrogen) atoms. The van der Waals surface area contributed by atoms with E-state index in [0.29, 0.717) is 0 Å². The van der Waals surface area contributed by atoms with Crippen molar-refractivity contribution in [2.75, 3.05) is 7.05 Å². The number of aryl methyl sites for hydroxylation is 1. The Morgan fingerprint density at radius 2 is 1.70 bits per heavy atom. The Hall–Kier alpha value is -2.26. The summed E-state index contributed by atoms with van der Waals surface area (Å²) in [5.74, 6) is 0. The summed E-state index contributed by atoms with van der Waals surface area (Å²) in [6.07, 6.45) is 3.47. The van der Waals surface area contributed by atoms with Crippen molar-refractivity contribution in [1.29, 1.82) is 0 Å². The van der Waals surface area contributed by atoms with E-state index in [0.717, 1.165) is 16.6 Å². The highest BCUT2D eigenvalue weighted by molar-refractivity contribution is 5.78. The smallest absolute Gasteiger partial charge is 0.0937 e. The minimum absolute atomic E-state index is 0.121. The van der Waals surface area contributed by atoms with Crippen LogP contribution in [0, 0.1) is 6.92 Å². The first-order valence-corrected chi connectivity index (χ1v) is 6.73. The molecule has 0 aliphatic carbocycles. The number of rotatable bonds is 3. The van der Waals surface area contributed by atoms with Crippen molar-refractivity contribution in [1.82, 2.24) is 15.3 Å². The Morgan fingerprint density at radius 1 is 0.950 bits per heavy atom. The maximum Gasteiger partial charge on any atom is 0.0937 e. The van der Waals surface area contributed by atoms with Gasteiger partial charge in [-0.05, 0) is 25.6 Å². The van der Waals surface area contributed by atoms with Crippen LogP contribution in [0.3, 0.4) is 0 Å². The summed E-state index contributed by atoms with van der Waals surface area (Å²) in [6, 6.07) is 14.8. The van der Waals surface area contributed by atoms with E-state index in [9.17, 15) is 0 Å². The first-order valence-electron chi connectivity index (χ1n) is 6.73. The SMILES string of the molecule is CNC(c1ccc(C)cc1)c1cccc2nccnc12. The van der Waals surface area contributed by atoms with E-state index in [-0.39, 0.29) is 6.04 Å². The van der Waals surface area contributed by atoms with Gasteiger partial charge in [-0.2, -0.15) is 0 Å². The second kappa shape index (κ2) is 5.39. The van der Waals surface area contributed by atoms with Crippen LogP contribution in [0.5, 0.6) is 0 Å². The Balaban J connectivity index is 2.14. The molecule has 0 bridgehead atoms. The van der Waals surface area contributed by atoms with Crippen LogP contribution in [0.2, 0.25) is 0 Å². The van der Waals surface area contributed by atoms with E-state index in [1.165, 1.54) is 11.1 Å². The van der Waals surface area contributed by atoms with Crippen LogP contribution in [0.15, 0.2) is 54.9 Å². The molecule has 1 heterocycles. The fourth-order valence-corrected chi connectivity index (χ4v) is 2.51. The Bertz CT molecular complexity index is 714. The lowest BCUT2D eigenvalue weighted by Gasteiger charge is -2.18. The molecule has 3 nitrogen and oxygen atoms in total. The summed E-state index contributed by atoms with van der Waals surface area (Å²) >= 11 is 0. The molecular weight excluding hydrogens is 246 g/mol.